The van der Waals surface area contributed by atoms with Crippen LogP contribution in [0.1, 0.15) is 24.8 Å². The molecule has 2 aromatic heterocycles. The monoisotopic (exact) mass is 444 g/mol. The third-order valence-corrected chi connectivity index (χ3v) is 6.85. The largest absolute Gasteiger partial charge is 0.453 e. The number of fused-ring (bicyclic) bond motifs is 1. The van der Waals surface area contributed by atoms with Gasteiger partial charge in [0.1, 0.15) is 11.5 Å². The zero-order chi connectivity index (χ0) is 23.1. The number of pyridine rings is 1. The van der Waals surface area contributed by atoms with Crippen LogP contribution in [0.3, 0.4) is 0 Å². The molecule has 166 valence electrons. The Morgan fingerprint density at radius 1 is 0.765 bits per heavy atom. The molecule has 6 rings (SSSR count). The van der Waals surface area contributed by atoms with Crippen molar-refractivity contribution in [1.82, 2.24) is 4.98 Å². The Morgan fingerprint density at radius 3 is 1.88 bits per heavy atom. The molecule has 0 amide bonds. The Balaban J connectivity index is 1.78. The predicted molar refractivity (Wildman–Crippen MR) is 136 cm³/mol. The highest BCUT2D eigenvalue weighted by molar-refractivity contribution is 5.97. The van der Waals surface area contributed by atoms with Crippen LogP contribution in [-0.4, -0.2) is 4.98 Å². The highest BCUT2D eigenvalue weighted by Crippen LogP contribution is 2.44. The normalized spacial score (nSPS) is 14.6. The van der Waals surface area contributed by atoms with E-state index >= 15 is 0 Å². The number of nitrogens with two attached hydrogens (primary N) is 1. The summed E-state index contributed by atoms with van der Waals surface area (Å²) in [6, 6.07) is 29.3. The van der Waals surface area contributed by atoms with Gasteiger partial charge in [-0.3, -0.25) is 9.78 Å². The van der Waals surface area contributed by atoms with E-state index in [0.29, 0.717) is 28.0 Å². The second kappa shape index (κ2) is 8.08. The van der Waals surface area contributed by atoms with E-state index in [1.165, 1.54) is 0 Å². The Hall–Kier alpha value is -4.02. The fourth-order valence-electron chi connectivity index (χ4n) is 4.86. The molecular formula is C30H24N2O2. The number of rotatable bonds is 4. The number of benzene rings is 3. The highest BCUT2D eigenvalue weighted by Gasteiger charge is 2.38. The third-order valence-electron chi connectivity index (χ3n) is 6.85. The fraction of sp³-hybridized carbons (Fsp3) is 0.133. The first-order chi connectivity index (χ1) is 16.7. The zero-order valence-corrected chi connectivity index (χ0v) is 18.7. The second-order valence-electron chi connectivity index (χ2n) is 8.97. The van der Waals surface area contributed by atoms with Crippen LogP contribution in [0.15, 0.2) is 106 Å². The van der Waals surface area contributed by atoms with Gasteiger partial charge in [-0.15, -0.1) is 0 Å². The zero-order valence-electron chi connectivity index (χ0n) is 18.7. The first kappa shape index (κ1) is 20.6. The maximum absolute atomic E-state index is 14.4. The van der Waals surface area contributed by atoms with Gasteiger partial charge in [0.2, 0.25) is 5.43 Å². The van der Waals surface area contributed by atoms with Crippen molar-refractivity contribution in [3.05, 3.63) is 113 Å². The van der Waals surface area contributed by atoms with Gasteiger partial charge in [0, 0.05) is 28.4 Å². The molecule has 2 heterocycles. The third kappa shape index (κ3) is 3.27. The highest BCUT2D eigenvalue weighted by atomic mass is 16.3. The van der Waals surface area contributed by atoms with Crippen LogP contribution < -0.4 is 11.2 Å². The molecule has 0 aliphatic heterocycles. The van der Waals surface area contributed by atoms with Crippen LogP contribution in [0.5, 0.6) is 0 Å². The minimum atomic E-state index is -0.558. The van der Waals surface area contributed by atoms with Crippen LogP contribution in [0.4, 0.5) is 0 Å². The molecule has 5 aromatic rings. The smallest absolute Gasteiger partial charge is 0.201 e. The van der Waals surface area contributed by atoms with Gasteiger partial charge in [-0.05, 0) is 24.8 Å². The lowest BCUT2D eigenvalue weighted by atomic mass is 9.72. The van der Waals surface area contributed by atoms with Crippen molar-refractivity contribution in [1.29, 1.82) is 0 Å². The number of nitrogens with zero attached hydrogens (tertiary/aromatic N) is 1. The van der Waals surface area contributed by atoms with Gasteiger partial charge in [0.05, 0.1) is 10.9 Å². The number of hydrogen-bond donors (Lipinski definition) is 1. The number of aromatic nitrogens is 1. The Kier molecular flexibility index (Phi) is 4.89. The summed E-state index contributed by atoms with van der Waals surface area (Å²) in [6.07, 6.45) is 4.49. The van der Waals surface area contributed by atoms with Crippen LogP contribution in [0.2, 0.25) is 0 Å². The van der Waals surface area contributed by atoms with Crippen molar-refractivity contribution in [2.24, 2.45) is 5.73 Å². The van der Waals surface area contributed by atoms with Gasteiger partial charge in [0.25, 0.3) is 0 Å². The summed E-state index contributed by atoms with van der Waals surface area (Å²) in [5.41, 5.74) is 11.2. The summed E-state index contributed by atoms with van der Waals surface area (Å²) in [6.45, 7) is 0. The second-order valence-corrected chi connectivity index (χ2v) is 8.97. The summed E-state index contributed by atoms with van der Waals surface area (Å²) in [7, 11) is 0. The first-order valence-electron chi connectivity index (χ1n) is 11.6. The lowest BCUT2D eigenvalue weighted by Crippen LogP contribution is -2.44. The molecule has 1 aliphatic carbocycles. The molecular weight excluding hydrogens is 420 g/mol. The van der Waals surface area contributed by atoms with Gasteiger partial charge >= 0.3 is 0 Å². The molecule has 4 nitrogen and oxygen atoms in total. The standard InChI is InChI=1S/C30H24N2O2/c31-30(17-10-18-30)23-19-32-26(21-13-6-2-7-14-21)29-25(23)27(33)24(20-11-4-1-5-12-20)28(34-29)22-15-8-3-9-16-22/h1-9,11-16,19H,10,17-18,31H2. The molecule has 1 fully saturated rings. The minimum Gasteiger partial charge on any atom is -0.453 e. The van der Waals surface area contributed by atoms with Gasteiger partial charge < -0.3 is 10.2 Å². The van der Waals surface area contributed by atoms with Crippen LogP contribution in [-0.2, 0) is 5.54 Å². The van der Waals surface area contributed by atoms with E-state index in [1.54, 1.807) is 6.20 Å². The summed E-state index contributed by atoms with van der Waals surface area (Å²) >= 11 is 0. The molecule has 0 atom stereocenters. The van der Waals surface area contributed by atoms with E-state index < -0.39 is 5.54 Å². The topological polar surface area (TPSA) is 69.1 Å². The van der Waals surface area contributed by atoms with Crippen molar-refractivity contribution in [3.8, 4) is 33.7 Å². The summed E-state index contributed by atoms with van der Waals surface area (Å²) in [5.74, 6) is 0.542. The summed E-state index contributed by atoms with van der Waals surface area (Å²) in [5, 5.41) is 0.537. The molecule has 3 aromatic carbocycles. The Labute approximate surface area is 197 Å². The van der Waals surface area contributed by atoms with E-state index in [1.807, 2.05) is 91.0 Å². The Morgan fingerprint density at radius 2 is 1.32 bits per heavy atom. The van der Waals surface area contributed by atoms with Crippen LogP contribution in [0.25, 0.3) is 44.7 Å². The van der Waals surface area contributed by atoms with Gasteiger partial charge in [-0.2, -0.15) is 0 Å². The molecule has 1 aliphatic rings. The van der Waals surface area contributed by atoms with Crippen molar-refractivity contribution in [3.63, 3.8) is 0 Å². The molecule has 0 spiro atoms. The SMILES string of the molecule is NC1(c2cnc(-c3ccccc3)c3oc(-c4ccccc4)c(-c4ccccc4)c(=O)c23)CCC1. The first-order valence-corrected chi connectivity index (χ1v) is 11.6. The lowest BCUT2D eigenvalue weighted by Gasteiger charge is -2.39. The van der Waals surface area contributed by atoms with E-state index in [2.05, 4.69) is 0 Å². The average molecular weight is 445 g/mol. The van der Waals surface area contributed by atoms with E-state index in [9.17, 15) is 4.79 Å². The van der Waals surface area contributed by atoms with Gasteiger partial charge in [-0.1, -0.05) is 91.0 Å². The molecule has 1 saturated carbocycles. The van der Waals surface area contributed by atoms with Crippen LogP contribution in [0, 0.1) is 0 Å². The molecule has 2 N–H and O–H groups in total. The van der Waals surface area contributed by atoms with Crippen molar-refractivity contribution in [2.45, 2.75) is 24.8 Å². The Bertz CT molecular complexity index is 1540. The van der Waals surface area contributed by atoms with E-state index in [4.69, 9.17) is 15.1 Å². The molecule has 0 saturated heterocycles. The lowest BCUT2D eigenvalue weighted by molar-refractivity contribution is 0.255. The minimum absolute atomic E-state index is 0.0717. The molecule has 4 heteroatoms. The van der Waals surface area contributed by atoms with E-state index in [0.717, 1.165) is 41.5 Å². The predicted octanol–water partition coefficient (Wildman–Crippen LogP) is 6.53. The van der Waals surface area contributed by atoms with Gasteiger partial charge in [-0.25, -0.2) is 0 Å². The number of hydrogen-bond acceptors (Lipinski definition) is 4. The summed E-state index contributed by atoms with van der Waals surface area (Å²) in [4.78, 5) is 19.2. The van der Waals surface area contributed by atoms with Crippen molar-refractivity contribution >= 4 is 11.0 Å². The van der Waals surface area contributed by atoms with Crippen LogP contribution >= 0.6 is 0 Å². The van der Waals surface area contributed by atoms with Gasteiger partial charge in [0.15, 0.2) is 5.58 Å². The molecule has 0 bridgehead atoms. The summed E-state index contributed by atoms with van der Waals surface area (Å²) < 4.78 is 6.69. The molecule has 0 radical (unpaired) electrons. The quantitative estimate of drug-likeness (QED) is 0.342. The molecule has 34 heavy (non-hydrogen) atoms. The molecule has 0 unspecified atom stereocenters. The fourth-order valence-corrected chi connectivity index (χ4v) is 4.86. The maximum atomic E-state index is 14.4. The maximum Gasteiger partial charge on any atom is 0.201 e. The van der Waals surface area contributed by atoms with Crippen molar-refractivity contribution < 1.29 is 4.42 Å². The average Bonchev–Trinajstić information content (AvgIpc) is 2.88. The van der Waals surface area contributed by atoms with E-state index in [-0.39, 0.29) is 5.43 Å². The van der Waals surface area contributed by atoms with Crippen molar-refractivity contribution in [2.75, 3.05) is 0 Å².